The number of aliphatic hydroxyl groups is 1. The first-order valence-corrected chi connectivity index (χ1v) is 5.86. The Bertz CT molecular complexity index is 360. The molecular weight excluding hydrogens is 220 g/mol. The summed E-state index contributed by atoms with van der Waals surface area (Å²) in [4.78, 5) is 0. The lowest BCUT2D eigenvalue weighted by molar-refractivity contribution is -0.0806. The van der Waals surface area contributed by atoms with Crippen molar-refractivity contribution in [3.8, 4) is 11.5 Å². The zero-order valence-electron chi connectivity index (χ0n) is 10.0. The van der Waals surface area contributed by atoms with Crippen molar-refractivity contribution in [3.63, 3.8) is 0 Å². The number of rotatable bonds is 6. The van der Waals surface area contributed by atoms with Crippen molar-refractivity contribution in [3.05, 3.63) is 23.8 Å². The zero-order valence-corrected chi connectivity index (χ0v) is 10.0. The Morgan fingerprint density at radius 3 is 2.82 bits per heavy atom. The van der Waals surface area contributed by atoms with E-state index in [2.05, 4.69) is 0 Å². The van der Waals surface area contributed by atoms with Crippen LogP contribution in [0.5, 0.6) is 11.5 Å². The maximum Gasteiger partial charge on any atom is 0.165 e. The van der Waals surface area contributed by atoms with Gasteiger partial charge in [-0.25, -0.2) is 0 Å². The average molecular weight is 238 g/mol. The highest BCUT2D eigenvalue weighted by atomic mass is 16.6. The van der Waals surface area contributed by atoms with Gasteiger partial charge in [-0.15, -0.1) is 0 Å². The molecule has 0 unspecified atom stereocenters. The quantitative estimate of drug-likeness (QED) is 0.813. The zero-order chi connectivity index (χ0) is 12.1. The van der Waals surface area contributed by atoms with Gasteiger partial charge in [-0.3, -0.25) is 0 Å². The van der Waals surface area contributed by atoms with Gasteiger partial charge in [0.1, 0.15) is 6.10 Å². The highest BCUT2D eigenvalue weighted by Crippen LogP contribution is 2.33. The normalized spacial score (nSPS) is 15.4. The molecule has 2 rings (SSSR count). The molecule has 1 aliphatic heterocycles. The predicted molar refractivity (Wildman–Crippen MR) is 63.6 cm³/mol. The highest BCUT2D eigenvalue weighted by Gasteiger charge is 2.23. The molecule has 1 aromatic carbocycles. The van der Waals surface area contributed by atoms with Crippen LogP contribution in [0.4, 0.5) is 0 Å². The van der Waals surface area contributed by atoms with Gasteiger partial charge in [0, 0.05) is 6.61 Å². The van der Waals surface area contributed by atoms with Gasteiger partial charge >= 0.3 is 0 Å². The number of aryl methyl sites for hydroxylation is 1. The molecule has 0 amide bonds. The monoisotopic (exact) mass is 238 g/mol. The van der Waals surface area contributed by atoms with Gasteiger partial charge < -0.3 is 19.3 Å². The third kappa shape index (κ3) is 2.90. The van der Waals surface area contributed by atoms with Crippen molar-refractivity contribution in [2.24, 2.45) is 0 Å². The van der Waals surface area contributed by atoms with Crippen molar-refractivity contribution in [2.75, 3.05) is 26.9 Å². The van der Waals surface area contributed by atoms with E-state index in [9.17, 15) is 0 Å². The summed E-state index contributed by atoms with van der Waals surface area (Å²) in [5, 5.41) is 8.89. The summed E-state index contributed by atoms with van der Waals surface area (Å²) in [6.07, 6.45) is 1.64. The van der Waals surface area contributed by atoms with Crippen molar-refractivity contribution in [2.45, 2.75) is 18.9 Å². The smallest absolute Gasteiger partial charge is 0.165 e. The molecule has 0 bridgehead atoms. The van der Waals surface area contributed by atoms with E-state index in [1.54, 1.807) is 7.11 Å². The van der Waals surface area contributed by atoms with Crippen molar-refractivity contribution < 1.29 is 19.3 Å². The maximum atomic E-state index is 8.89. The maximum absolute atomic E-state index is 8.89. The van der Waals surface area contributed by atoms with E-state index in [0.29, 0.717) is 13.2 Å². The molecule has 0 radical (unpaired) electrons. The van der Waals surface area contributed by atoms with E-state index in [0.717, 1.165) is 29.9 Å². The molecule has 0 aromatic heterocycles. The van der Waals surface area contributed by atoms with Gasteiger partial charge in [-0.1, -0.05) is 12.1 Å². The van der Waals surface area contributed by atoms with E-state index in [4.69, 9.17) is 19.3 Å². The fraction of sp³-hybridized carbons (Fsp3) is 0.538. The fourth-order valence-corrected chi connectivity index (χ4v) is 1.77. The van der Waals surface area contributed by atoms with Crippen LogP contribution in [0.3, 0.4) is 0 Å². The molecule has 0 saturated carbocycles. The standard InChI is InChI=1S/C13H18O4/c1-15-12-6-2-4-10(5-3-7-14)13(12)17-11-8-16-9-11/h2,4,6,11,14H,3,5,7-9H2,1H3. The van der Waals surface area contributed by atoms with Crippen LogP contribution in [-0.2, 0) is 11.2 Å². The Labute approximate surface area is 101 Å². The van der Waals surface area contributed by atoms with Gasteiger partial charge in [0.25, 0.3) is 0 Å². The molecule has 0 spiro atoms. The van der Waals surface area contributed by atoms with E-state index in [1.807, 2.05) is 18.2 Å². The molecule has 0 aliphatic carbocycles. The molecule has 4 nitrogen and oxygen atoms in total. The Hall–Kier alpha value is -1.26. The number of methoxy groups -OCH3 is 1. The van der Waals surface area contributed by atoms with E-state index in [-0.39, 0.29) is 12.7 Å². The molecule has 1 aliphatic rings. The molecule has 1 heterocycles. The molecule has 17 heavy (non-hydrogen) atoms. The summed E-state index contributed by atoms with van der Waals surface area (Å²) in [5.41, 5.74) is 1.07. The van der Waals surface area contributed by atoms with Gasteiger partial charge in [-0.2, -0.15) is 0 Å². The number of hydrogen-bond donors (Lipinski definition) is 1. The van der Waals surface area contributed by atoms with Crippen LogP contribution in [0.15, 0.2) is 18.2 Å². The molecule has 0 atom stereocenters. The number of aliphatic hydroxyl groups excluding tert-OH is 1. The second-order valence-corrected chi connectivity index (χ2v) is 4.05. The Kier molecular flexibility index (Phi) is 4.23. The lowest BCUT2D eigenvalue weighted by Gasteiger charge is -2.28. The van der Waals surface area contributed by atoms with Crippen LogP contribution in [0.25, 0.3) is 0 Å². The summed E-state index contributed by atoms with van der Waals surface area (Å²) in [6, 6.07) is 5.83. The van der Waals surface area contributed by atoms with E-state index < -0.39 is 0 Å². The molecule has 1 fully saturated rings. The minimum absolute atomic E-state index is 0.124. The second-order valence-electron chi connectivity index (χ2n) is 4.05. The Balaban J connectivity index is 2.16. The molecule has 4 heteroatoms. The van der Waals surface area contributed by atoms with Crippen LogP contribution in [-0.4, -0.2) is 38.1 Å². The third-order valence-corrected chi connectivity index (χ3v) is 2.78. The third-order valence-electron chi connectivity index (χ3n) is 2.78. The SMILES string of the molecule is COc1cccc(CCCO)c1OC1COC1. The van der Waals surface area contributed by atoms with Crippen LogP contribution >= 0.6 is 0 Å². The topological polar surface area (TPSA) is 47.9 Å². The fourth-order valence-electron chi connectivity index (χ4n) is 1.77. The van der Waals surface area contributed by atoms with Crippen molar-refractivity contribution in [1.82, 2.24) is 0 Å². The van der Waals surface area contributed by atoms with Gasteiger partial charge in [0.2, 0.25) is 0 Å². The first-order chi connectivity index (χ1) is 8.35. The van der Waals surface area contributed by atoms with E-state index >= 15 is 0 Å². The molecule has 94 valence electrons. The van der Waals surface area contributed by atoms with Crippen LogP contribution in [0.1, 0.15) is 12.0 Å². The molecule has 1 aromatic rings. The molecule has 1 N–H and O–H groups in total. The van der Waals surface area contributed by atoms with Crippen LogP contribution < -0.4 is 9.47 Å². The highest BCUT2D eigenvalue weighted by molar-refractivity contribution is 5.47. The minimum atomic E-state index is 0.124. The van der Waals surface area contributed by atoms with Crippen LogP contribution in [0.2, 0.25) is 0 Å². The lowest BCUT2D eigenvalue weighted by atomic mass is 10.1. The summed E-state index contributed by atoms with van der Waals surface area (Å²) >= 11 is 0. The Morgan fingerprint density at radius 2 is 2.24 bits per heavy atom. The summed E-state index contributed by atoms with van der Waals surface area (Å²) in [7, 11) is 1.63. The summed E-state index contributed by atoms with van der Waals surface area (Å²) in [5.74, 6) is 1.53. The number of benzene rings is 1. The van der Waals surface area contributed by atoms with Gasteiger partial charge in [0.15, 0.2) is 11.5 Å². The molecule has 1 saturated heterocycles. The number of para-hydroxylation sites is 1. The van der Waals surface area contributed by atoms with Crippen molar-refractivity contribution in [1.29, 1.82) is 0 Å². The van der Waals surface area contributed by atoms with Gasteiger partial charge in [-0.05, 0) is 24.5 Å². The first-order valence-electron chi connectivity index (χ1n) is 5.86. The van der Waals surface area contributed by atoms with Crippen LogP contribution in [0, 0.1) is 0 Å². The summed E-state index contributed by atoms with van der Waals surface area (Å²) in [6.45, 7) is 1.46. The minimum Gasteiger partial charge on any atom is -0.493 e. The number of ether oxygens (including phenoxy) is 3. The predicted octanol–water partition coefficient (Wildman–Crippen LogP) is 1.40. The first kappa shape index (κ1) is 12.2. The Morgan fingerprint density at radius 1 is 1.41 bits per heavy atom. The van der Waals surface area contributed by atoms with Crippen molar-refractivity contribution >= 4 is 0 Å². The van der Waals surface area contributed by atoms with E-state index in [1.165, 1.54) is 0 Å². The summed E-state index contributed by atoms with van der Waals surface area (Å²) < 4.78 is 16.3. The average Bonchev–Trinajstić information content (AvgIpc) is 2.31. The lowest BCUT2D eigenvalue weighted by Crippen LogP contribution is -2.38. The second kappa shape index (κ2) is 5.89. The number of hydrogen-bond acceptors (Lipinski definition) is 4. The molecular formula is C13H18O4. The van der Waals surface area contributed by atoms with Gasteiger partial charge in [0.05, 0.1) is 20.3 Å². The largest absolute Gasteiger partial charge is 0.493 e.